The molecule has 0 aromatic heterocycles. The van der Waals surface area contributed by atoms with Crippen molar-refractivity contribution >= 4 is 22.3 Å². The lowest BCUT2D eigenvalue weighted by Gasteiger charge is -2.68. The van der Waals surface area contributed by atoms with E-state index in [9.17, 15) is 70.9 Å². The Kier molecular flexibility index (Phi) is 15.2. The van der Waals surface area contributed by atoms with Gasteiger partial charge < -0.3 is 80.2 Å². The number of esters is 2. The predicted octanol–water partition coefficient (Wildman–Crippen LogP) is 1.33. The van der Waals surface area contributed by atoms with Crippen LogP contribution in [0, 0.1) is 58.2 Å². The van der Waals surface area contributed by atoms with Gasteiger partial charge in [0, 0.05) is 121 Å². The average Bonchev–Trinajstić information content (AvgIpc) is 1.49. The van der Waals surface area contributed by atoms with E-state index >= 15 is 0 Å². The molecule has 14 fully saturated rings. The summed E-state index contributed by atoms with van der Waals surface area (Å²) >= 11 is 0. The van der Waals surface area contributed by atoms with Gasteiger partial charge in [0.2, 0.25) is 11.6 Å². The summed E-state index contributed by atoms with van der Waals surface area (Å²) in [5, 5.41) is 148. The molecule has 6 aliphatic heterocycles. The first-order valence-corrected chi connectivity index (χ1v) is 34.2. The predicted molar refractivity (Wildman–Crippen MR) is 313 cm³/mol. The van der Waals surface area contributed by atoms with Crippen molar-refractivity contribution in [2.75, 3.05) is 26.2 Å². The highest BCUT2D eigenvalue weighted by Crippen LogP contribution is 2.80. The van der Waals surface area contributed by atoms with E-state index in [1.807, 2.05) is 13.8 Å². The molecule has 6 saturated heterocycles. The Labute approximate surface area is 521 Å². The monoisotopic (exact) mass is 1280 g/mol. The summed E-state index contributed by atoms with van der Waals surface area (Å²) in [5.74, 6) is -8.09. The Hall–Kier alpha value is -2.35. The number of hydrogen-bond donors (Lipinski definition) is 14. The molecule has 14 rings (SSSR count). The zero-order valence-corrected chi connectivity index (χ0v) is 54.0. The van der Waals surface area contributed by atoms with Crippen LogP contribution in [0.15, 0.2) is 23.3 Å². The van der Waals surface area contributed by atoms with Crippen LogP contribution in [-0.4, -0.2) is 231 Å². The van der Waals surface area contributed by atoms with Crippen molar-refractivity contribution in [2.45, 2.75) is 276 Å². The minimum Gasteiger partial charge on any atom is -0.453 e. The molecule has 28 atom stereocenters. The smallest absolute Gasteiger partial charge is 0.394 e. The third kappa shape index (κ3) is 8.24. The molecule has 2 spiro atoms. The highest BCUT2D eigenvalue weighted by atomic mass is 32.3. The second kappa shape index (κ2) is 20.4. The molecule has 0 aromatic carbocycles. The number of fused-ring (bicyclic) bond motifs is 10. The maximum absolute atomic E-state index is 12.9. The molecule has 504 valence electrons. The van der Waals surface area contributed by atoms with Crippen molar-refractivity contribution in [1.82, 2.24) is 9.80 Å². The van der Waals surface area contributed by atoms with Crippen molar-refractivity contribution < 1.29 is 107 Å². The Morgan fingerprint density at radius 3 is 1.15 bits per heavy atom. The largest absolute Gasteiger partial charge is 0.453 e. The van der Waals surface area contributed by atoms with E-state index in [0.29, 0.717) is 100 Å². The van der Waals surface area contributed by atoms with E-state index in [1.165, 1.54) is 0 Å². The summed E-state index contributed by atoms with van der Waals surface area (Å²) in [6, 6.07) is -0.774. The topological polar surface area (TPSA) is 395 Å². The molecule has 89 heavy (non-hydrogen) atoms. The first kappa shape index (κ1) is 66.7. The summed E-state index contributed by atoms with van der Waals surface area (Å²) in [5.41, 5.74) is -17.9. The van der Waals surface area contributed by atoms with Crippen LogP contribution in [0.4, 0.5) is 0 Å². The van der Waals surface area contributed by atoms with E-state index in [2.05, 4.69) is 23.6 Å². The van der Waals surface area contributed by atoms with Crippen molar-refractivity contribution in [2.24, 2.45) is 58.2 Å². The zero-order chi connectivity index (χ0) is 65.4. The lowest BCUT2D eigenvalue weighted by atomic mass is 9.49. The van der Waals surface area contributed by atoms with E-state index in [0.717, 1.165) is 12.8 Å². The van der Waals surface area contributed by atoms with Gasteiger partial charge in [0.25, 0.3) is 0 Å². The molecule has 8 aliphatic carbocycles. The van der Waals surface area contributed by atoms with Gasteiger partial charge in [0.15, 0.2) is 12.2 Å². The second-order valence-electron chi connectivity index (χ2n) is 31.8. The van der Waals surface area contributed by atoms with Gasteiger partial charge in [-0.25, -0.2) is 9.59 Å². The van der Waals surface area contributed by atoms with Crippen LogP contribution >= 0.6 is 0 Å². The molecule has 8 bridgehead atoms. The minimum absolute atomic E-state index is 0.0606. The summed E-state index contributed by atoms with van der Waals surface area (Å²) < 4.78 is 56.8. The molecule has 14 N–H and O–H groups in total. The van der Waals surface area contributed by atoms with Crippen molar-refractivity contribution in [3.05, 3.63) is 23.3 Å². The third-order valence-corrected chi connectivity index (χ3v) is 28.1. The minimum atomic E-state index is -4.67. The number of carbonyl (C=O) groups excluding carboxylic acids is 2. The van der Waals surface area contributed by atoms with Gasteiger partial charge in [0.1, 0.15) is 44.8 Å². The Bertz CT molecular complexity index is 2890. The van der Waals surface area contributed by atoms with Gasteiger partial charge in [-0.15, -0.1) is 0 Å². The fraction of sp³-hybridized carbons (Fsp3) is 0.906. The number of aliphatic hydroxyl groups is 12. The number of nitrogens with zero attached hydrogens (tertiary/aromatic N) is 2. The fourth-order valence-electron chi connectivity index (χ4n) is 23.6. The SMILES string of the molecule is C/C=C(/C)C(=O)O[C@H]1CC[C@@]2(C)[C@@H]3CC[C@H]4[C@]5(O)C[C@H](O)[C@@]6(O)[C@@H](CN7C[C@@H](C)CC[C@H]7[C@@]6(C)O)[C@]5(O)C[C@@]42O[C@]13O.C/C=C(/C)C(=O)O[C@H]1CC[C@@]2(C)[C@@H]3CC[C@H]4[C@]5(O)C[C@H](O)[C@@]6(O)[C@@H](CN7C[C@@H](C)CC[C@H]7[C@@]6(C)O)[C@]5(O)C[C@@]42O[C@]13O.O=S(=O)(O)O. The first-order valence-electron chi connectivity index (χ1n) is 32.8. The number of ether oxygens (including phenoxy) is 4. The molecule has 0 amide bonds. The number of hydrogen-bond acceptors (Lipinski definition) is 22. The fourth-order valence-corrected chi connectivity index (χ4v) is 23.6. The van der Waals surface area contributed by atoms with E-state index in [4.69, 9.17) is 36.5 Å². The van der Waals surface area contributed by atoms with Crippen LogP contribution in [0.1, 0.15) is 172 Å². The summed E-state index contributed by atoms with van der Waals surface area (Å²) in [7, 11) is -4.67. The lowest BCUT2D eigenvalue weighted by molar-refractivity contribution is -0.354. The van der Waals surface area contributed by atoms with Gasteiger partial charge in [-0.05, 0) is 130 Å². The number of aliphatic hydroxyl groups excluding tert-OH is 2. The van der Waals surface area contributed by atoms with Crippen molar-refractivity contribution in [3.63, 3.8) is 0 Å². The molecule has 0 unspecified atom stereocenters. The summed E-state index contributed by atoms with van der Waals surface area (Å²) in [6.07, 6.45) is 4.59. The number of piperidine rings is 4. The maximum Gasteiger partial charge on any atom is 0.394 e. The number of rotatable bonds is 4. The molecule has 8 saturated carbocycles. The average molecular weight is 1280 g/mol. The molecule has 24 nitrogen and oxygen atoms in total. The van der Waals surface area contributed by atoms with E-state index in [1.54, 1.807) is 53.7 Å². The molecule has 0 aromatic rings. The molecule has 14 aliphatic rings. The van der Waals surface area contributed by atoms with Gasteiger partial charge in [0.05, 0.1) is 23.4 Å². The highest BCUT2D eigenvalue weighted by Gasteiger charge is 2.91. The van der Waals surface area contributed by atoms with Crippen LogP contribution in [0.2, 0.25) is 0 Å². The van der Waals surface area contributed by atoms with Crippen molar-refractivity contribution in [1.29, 1.82) is 0 Å². The first-order chi connectivity index (χ1) is 40.9. The van der Waals surface area contributed by atoms with Crippen molar-refractivity contribution in [3.8, 4) is 0 Å². The Morgan fingerprint density at radius 1 is 0.494 bits per heavy atom. The van der Waals surface area contributed by atoms with Crippen LogP contribution in [0.3, 0.4) is 0 Å². The van der Waals surface area contributed by atoms with Crippen LogP contribution in [-0.2, 0) is 38.9 Å². The molecule has 25 heteroatoms. The van der Waals surface area contributed by atoms with Gasteiger partial charge in [-0.3, -0.25) is 18.9 Å². The lowest BCUT2D eigenvalue weighted by Crippen LogP contribution is -2.85. The standard InChI is InChI=1S/2C32H49NO9.H2O4S/c2*1-6-18(3)25(35)41-24-11-12-26(4)19-8-9-20-28(37)13-23(34)31(39)21(29(28,38)16-30(20,26)42-32(19,24)40)15-33-14-17(2)7-10-22(33)27(31,5)36;1-5(2,3)4/h2*6,17,19-24,34,36-40H,7-16H2,1-5H3;(H2,1,2,3,4)/b2*18-6-;/t2*17-,19-,20-,21-,22-,23-,24-,26-,27+,28+,29+,30+,31-,32-;/m00./s1. The number of allylic oxidation sites excluding steroid dienone is 2. The number of carbonyl (C=O) groups is 2. The van der Waals surface area contributed by atoms with Crippen LogP contribution < -0.4 is 0 Å². The Balaban J connectivity index is 0.000000161. The second-order valence-corrected chi connectivity index (χ2v) is 32.7. The highest BCUT2D eigenvalue weighted by molar-refractivity contribution is 7.79. The van der Waals surface area contributed by atoms with E-state index < -0.39 is 161 Å². The Morgan fingerprint density at radius 2 is 0.820 bits per heavy atom. The summed E-state index contributed by atoms with van der Waals surface area (Å²) in [4.78, 5) is 29.8. The molecular weight excluding hydrogens is 1180 g/mol. The van der Waals surface area contributed by atoms with Gasteiger partial charge >= 0.3 is 22.3 Å². The van der Waals surface area contributed by atoms with Crippen LogP contribution in [0.5, 0.6) is 0 Å². The van der Waals surface area contributed by atoms with E-state index in [-0.39, 0.29) is 50.9 Å². The zero-order valence-electron chi connectivity index (χ0n) is 53.2. The molecule has 6 heterocycles. The third-order valence-electron chi connectivity index (χ3n) is 28.1. The van der Waals surface area contributed by atoms with Gasteiger partial charge in [-0.2, -0.15) is 8.42 Å². The maximum atomic E-state index is 12.9. The van der Waals surface area contributed by atoms with Crippen LogP contribution in [0.25, 0.3) is 0 Å². The quantitative estimate of drug-likeness (QED) is 0.107. The molecule has 0 radical (unpaired) electrons. The van der Waals surface area contributed by atoms with Gasteiger partial charge in [-0.1, -0.05) is 39.8 Å². The normalized spacial score (nSPS) is 57.5. The molecular formula is C64H100N2O22S. The summed E-state index contributed by atoms with van der Waals surface area (Å²) in [6.45, 7) is 20.1.